The molecule has 33 heavy (non-hydrogen) atoms. The first-order chi connectivity index (χ1) is 15.8. The van der Waals surface area contributed by atoms with E-state index in [1.54, 1.807) is 74.4 Å². The van der Waals surface area contributed by atoms with Gasteiger partial charge in [-0.3, -0.25) is 0 Å². The van der Waals surface area contributed by atoms with Crippen LogP contribution in [0.1, 0.15) is 17.0 Å². The van der Waals surface area contributed by atoms with Crippen LogP contribution in [0.3, 0.4) is 0 Å². The number of ether oxygens (including phenoxy) is 2. The zero-order valence-electron chi connectivity index (χ0n) is 18.6. The Bertz CT molecular complexity index is 1250. The van der Waals surface area contributed by atoms with Crippen LogP contribution in [0.5, 0.6) is 23.1 Å². The molecule has 3 rings (SSSR count). The summed E-state index contributed by atoms with van der Waals surface area (Å²) in [5.41, 5.74) is 0.701. The van der Waals surface area contributed by atoms with E-state index in [-0.39, 0.29) is 17.0 Å². The van der Waals surface area contributed by atoms with Crippen molar-refractivity contribution in [3.05, 3.63) is 71.7 Å². The van der Waals surface area contributed by atoms with E-state index in [2.05, 4.69) is 16.0 Å². The highest BCUT2D eigenvalue weighted by Crippen LogP contribution is 2.36. The molecular formula is C24H22N4O4S. The molecule has 9 heteroatoms. The topological polar surface area (TPSA) is 109 Å². The van der Waals surface area contributed by atoms with Crippen molar-refractivity contribution in [3.8, 4) is 29.2 Å². The first kappa shape index (κ1) is 23.6. The molecule has 0 atom stereocenters. The number of carbonyl (C=O) groups is 1. The Hall–Kier alpha value is -4.03. The largest absolute Gasteiger partial charge is 0.478 e. The maximum Gasteiger partial charge on any atom is 0.338 e. The molecule has 1 aromatic heterocycles. The third kappa shape index (κ3) is 5.81. The van der Waals surface area contributed by atoms with Crippen LogP contribution in [0, 0.1) is 18.3 Å². The van der Waals surface area contributed by atoms with Gasteiger partial charge in [-0.05, 0) is 37.4 Å². The van der Waals surface area contributed by atoms with Crippen molar-refractivity contribution < 1.29 is 19.4 Å². The molecule has 0 bridgehead atoms. The molecule has 3 aromatic rings. The first-order valence-electron chi connectivity index (χ1n) is 9.81. The number of nitriles is 1. The summed E-state index contributed by atoms with van der Waals surface area (Å²) in [7, 11) is 3.47. The average molecular weight is 463 g/mol. The summed E-state index contributed by atoms with van der Waals surface area (Å²) in [5, 5.41) is 19.6. The van der Waals surface area contributed by atoms with Crippen LogP contribution in [0.15, 0.2) is 59.8 Å². The third-order valence-corrected chi connectivity index (χ3v) is 4.97. The second kappa shape index (κ2) is 10.5. The number of aliphatic carboxylic acids is 1. The lowest BCUT2D eigenvalue weighted by atomic mass is 10.1. The Balaban J connectivity index is 2.03. The molecule has 0 radical (unpaired) electrons. The predicted octanol–water partition coefficient (Wildman–Crippen LogP) is 4.95. The van der Waals surface area contributed by atoms with E-state index in [1.807, 2.05) is 6.26 Å². The van der Waals surface area contributed by atoms with Gasteiger partial charge in [-0.15, -0.1) is 11.8 Å². The number of hydrogen-bond acceptors (Lipinski definition) is 8. The van der Waals surface area contributed by atoms with Crippen molar-refractivity contribution in [1.82, 2.24) is 14.9 Å². The lowest BCUT2D eigenvalue weighted by Crippen LogP contribution is -2.11. The number of aromatic nitrogens is 2. The van der Waals surface area contributed by atoms with E-state index in [4.69, 9.17) is 9.47 Å². The molecule has 0 fully saturated rings. The SMILES string of the molecule is CSc1nc(C)nc(Oc2cccc(Oc3ccccc3C#N)c2)c1/C(=C\N(C)C)C(=O)O. The molecular weight excluding hydrogens is 440 g/mol. The van der Waals surface area contributed by atoms with Gasteiger partial charge in [0.2, 0.25) is 5.88 Å². The molecule has 0 aliphatic carbocycles. The molecule has 0 unspecified atom stereocenters. The fourth-order valence-electron chi connectivity index (χ4n) is 2.95. The predicted molar refractivity (Wildman–Crippen MR) is 126 cm³/mol. The van der Waals surface area contributed by atoms with E-state index in [9.17, 15) is 15.2 Å². The molecule has 0 aliphatic heterocycles. The molecule has 0 saturated heterocycles. The summed E-state index contributed by atoms with van der Waals surface area (Å²) in [4.78, 5) is 22.5. The number of carboxylic acids is 1. The molecule has 2 aromatic carbocycles. The molecule has 1 heterocycles. The van der Waals surface area contributed by atoms with Crippen LogP contribution >= 0.6 is 11.8 Å². The molecule has 168 valence electrons. The van der Waals surface area contributed by atoms with E-state index < -0.39 is 5.97 Å². The summed E-state index contributed by atoms with van der Waals surface area (Å²) in [6.07, 6.45) is 3.30. The molecule has 0 saturated carbocycles. The van der Waals surface area contributed by atoms with Crippen molar-refractivity contribution in [2.75, 3.05) is 20.4 Å². The quantitative estimate of drug-likeness (QED) is 0.282. The number of nitrogens with zero attached hydrogens (tertiary/aromatic N) is 4. The second-order valence-corrected chi connectivity index (χ2v) is 7.85. The standard InChI is InChI=1S/C24H22N4O4S/c1-15-26-22(21(23(27-15)33-4)19(24(29)30)14-28(2)3)32-18-10-7-9-17(12-18)31-20-11-6-5-8-16(20)13-25/h5-12,14H,1-4H3,(H,29,30)/b19-14+. The summed E-state index contributed by atoms with van der Waals surface area (Å²) in [6, 6.07) is 15.8. The van der Waals surface area contributed by atoms with Crippen molar-refractivity contribution in [1.29, 1.82) is 5.26 Å². The van der Waals surface area contributed by atoms with E-state index in [0.29, 0.717) is 33.7 Å². The van der Waals surface area contributed by atoms with Crippen molar-refractivity contribution >= 4 is 23.3 Å². The molecule has 8 nitrogen and oxygen atoms in total. The van der Waals surface area contributed by atoms with Gasteiger partial charge in [-0.1, -0.05) is 18.2 Å². The maximum absolute atomic E-state index is 12.0. The summed E-state index contributed by atoms with van der Waals surface area (Å²) in [5.74, 6) is 0.710. The normalized spacial score (nSPS) is 10.9. The van der Waals surface area contributed by atoms with Gasteiger partial charge < -0.3 is 19.5 Å². The van der Waals surface area contributed by atoms with Crippen LogP contribution in [0.4, 0.5) is 0 Å². The second-order valence-electron chi connectivity index (χ2n) is 7.06. The Kier molecular flexibility index (Phi) is 7.53. The lowest BCUT2D eigenvalue weighted by molar-refractivity contribution is -0.130. The Labute approximate surface area is 196 Å². The Morgan fingerprint density at radius 2 is 1.82 bits per heavy atom. The lowest BCUT2D eigenvalue weighted by Gasteiger charge is -2.16. The van der Waals surface area contributed by atoms with Gasteiger partial charge in [0.1, 0.15) is 34.2 Å². The highest BCUT2D eigenvalue weighted by molar-refractivity contribution is 7.98. The molecule has 0 spiro atoms. The highest BCUT2D eigenvalue weighted by atomic mass is 32.2. The minimum atomic E-state index is -1.12. The number of aryl methyl sites for hydroxylation is 1. The van der Waals surface area contributed by atoms with Crippen molar-refractivity contribution in [3.63, 3.8) is 0 Å². The van der Waals surface area contributed by atoms with E-state index in [1.165, 1.54) is 18.0 Å². The summed E-state index contributed by atoms with van der Waals surface area (Å²) in [6.45, 7) is 1.71. The average Bonchev–Trinajstić information content (AvgIpc) is 2.78. The molecule has 0 aliphatic rings. The monoisotopic (exact) mass is 462 g/mol. The van der Waals surface area contributed by atoms with Crippen LogP contribution in [-0.4, -0.2) is 46.3 Å². The van der Waals surface area contributed by atoms with Crippen LogP contribution < -0.4 is 9.47 Å². The fourth-order valence-corrected chi connectivity index (χ4v) is 3.57. The number of carboxylic acid groups (broad SMARTS) is 1. The van der Waals surface area contributed by atoms with E-state index in [0.717, 1.165) is 0 Å². The van der Waals surface area contributed by atoms with Gasteiger partial charge in [0.15, 0.2) is 0 Å². The highest BCUT2D eigenvalue weighted by Gasteiger charge is 2.24. The summed E-state index contributed by atoms with van der Waals surface area (Å²) < 4.78 is 11.9. The number of thioether (sulfide) groups is 1. The van der Waals surface area contributed by atoms with Crippen LogP contribution in [0.25, 0.3) is 5.57 Å². The van der Waals surface area contributed by atoms with Crippen molar-refractivity contribution in [2.24, 2.45) is 0 Å². The minimum absolute atomic E-state index is 0.00898. The van der Waals surface area contributed by atoms with E-state index >= 15 is 0 Å². The van der Waals surface area contributed by atoms with Gasteiger partial charge in [0, 0.05) is 26.4 Å². The zero-order chi connectivity index (χ0) is 24.0. The fraction of sp³-hybridized carbons (Fsp3) is 0.167. The first-order valence-corrected chi connectivity index (χ1v) is 11.0. The number of benzene rings is 2. The zero-order valence-corrected chi connectivity index (χ0v) is 19.4. The molecule has 0 amide bonds. The number of rotatable bonds is 8. The van der Waals surface area contributed by atoms with Gasteiger partial charge in [0.25, 0.3) is 0 Å². The van der Waals surface area contributed by atoms with Gasteiger partial charge >= 0.3 is 5.97 Å². The van der Waals surface area contributed by atoms with Crippen LogP contribution in [-0.2, 0) is 4.79 Å². The smallest absolute Gasteiger partial charge is 0.338 e. The van der Waals surface area contributed by atoms with Gasteiger partial charge in [0.05, 0.1) is 16.7 Å². The number of hydrogen-bond donors (Lipinski definition) is 1. The van der Waals surface area contributed by atoms with Gasteiger partial charge in [-0.25, -0.2) is 9.78 Å². The maximum atomic E-state index is 12.0. The van der Waals surface area contributed by atoms with Crippen LogP contribution in [0.2, 0.25) is 0 Å². The Morgan fingerprint density at radius 3 is 2.45 bits per heavy atom. The third-order valence-electron chi connectivity index (χ3n) is 4.29. The number of para-hydroxylation sites is 1. The molecule has 1 N–H and O–H groups in total. The summed E-state index contributed by atoms with van der Waals surface area (Å²) >= 11 is 1.31. The van der Waals surface area contributed by atoms with Crippen molar-refractivity contribution in [2.45, 2.75) is 11.9 Å². The minimum Gasteiger partial charge on any atom is -0.478 e. The Morgan fingerprint density at radius 1 is 1.12 bits per heavy atom. The van der Waals surface area contributed by atoms with Gasteiger partial charge in [-0.2, -0.15) is 10.2 Å².